The van der Waals surface area contributed by atoms with Crippen molar-refractivity contribution in [3.63, 3.8) is 0 Å². The largest absolute Gasteiger partial charge is 0.490 e. The third-order valence-electron chi connectivity index (χ3n) is 3.36. The molecule has 0 spiro atoms. The second kappa shape index (κ2) is 9.22. The lowest BCUT2D eigenvalue weighted by Gasteiger charge is -2.09. The van der Waals surface area contributed by atoms with Crippen molar-refractivity contribution in [2.75, 3.05) is 13.2 Å². The zero-order chi connectivity index (χ0) is 18.9. The smallest absolute Gasteiger partial charge is 0.335 e. The second-order valence-electron chi connectivity index (χ2n) is 5.44. The molecule has 0 heterocycles. The Morgan fingerprint density at radius 2 is 1.46 bits per heavy atom. The van der Waals surface area contributed by atoms with Gasteiger partial charge in [0.25, 0.3) is 0 Å². The van der Waals surface area contributed by atoms with Gasteiger partial charge in [-0.1, -0.05) is 37.4 Å². The highest BCUT2D eigenvalue weighted by Crippen LogP contribution is 2.24. The van der Waals surface area contributed by atoms with Crippen molar-refractivity contribution in [1.82, 2.24) is 0 Å². The van der Waals surface area contributed by atoms with Crippen LogP contribution in [0, 0.1) is 0 Å². The molecule has 5 heteroatoms. The molecule has 0 fully saturated rings. The predicted octanol–water partition coefficient (Wildman–Crippen LogP) is 3.94. The maximum absolute atomic E-state index is 11.2. The fourth-order valence-corrected chi connectivity index (χ4v) is 2.03. The first-order valence-electron chi connectivity index (χ1n) is 8.00. The first-order chi connectivity index (χ1) is 12.5. The fraction of sp³-hybridized carbons (Fsp3) is 0.143. The second-order valence-corrected chi connectivity index (χ2v) is 5.44. The molecule has 0 aliphatic carbocycles. The average Bonchev–Trinajstić information content (AvgIpc) is 2.66. The monoisotopic (exact) mass is 352 g/mol. The number of benzene rings is 2. The van der Waals surface area contributed by atoms with Crippen molar-refractivity contribution >= 4 is 11.9 Å². The molecule has 2 aromatic rings. The van der Waals surface area contributed by atoms with Gasteiger partial charge in [-0.15, -0.1) is 0 Å². The summed E-state index contributed by atoms with van der Waals surface area (Å²) >= 11 is 0. The number of carbonyl (C=O) groups is 2. The first-order valence-corrected chi connectivity index (χ1v) is 8.00. The van der Waals surface area contributed by atoms with Gasteiger partial charge in [0.15, 0.2) is 0 Å². The highest BCUT2D eigenvalue weighted by molar-refractivity contribution is 5.86. The topological polar surface area (TPSA) is 61.8 Å². The zero-order valence-electron chi connectivity index (χ0n) is 14.6. The maximum Gasteiger partial charge on any atom is 0.335 e. The molecule has 0 aromatic heterocycles. The Morgan fingerprint density at radius 1 is 0.923 bits per heavy atom. The number of hydrogen-bond acceptors (Lipinski definition) is 5. The van der Waals surface area contributed by atoms with Crippen molar-refractivity contribution in [2.45, 2.75) is 6.92 Å². The van der Waals surface area contributed by atoms with Crippen LogP contribution in [0.15, 0.2) is 73.3 Å². The Hall–Kier alpha value is -3.34. The van der Waals surface area contributed by atoms with Gasteiger partial charge in [0.05, 0.1) is 0 Å². The van der Waals surface area contributed by atoms with Crippen molar-refractivity contribution in [3.05, 3.63) is 73.3 Å². The Kier molecular flexibility index (Phi) is 6.74. The lowest BCUT2D eigenvalue weighted by molar-refractivity contribution is -0.139. The lowest BCUT2D eigenvalue weighted by Crippen LogP contribution is -2.12. The molecule has 0 unspecified atom stereocenters. The van der Waals surface area contributed by atoms with E-state index in [0.717, 1.165) is 17.2 Å². The summed E-state index contributed by atoms with van der Waals surface area (Å²) in [6, 6.07) is 14.7. The Balaban J connectivity index is 1.88. The fourth-order valence-electron chi connectivity index (χ4n) is 2.03. The van der Waals surface area contributed by atoms with Gasteiger partial charge in [0, 0.05) is 11.6 Å². The third-order valence-corrected chi connectivity index (χ3v) is 3.36. The van der Waals surface area contributed by atoms with Crippen LogP contribution in [0.4, 0.5) is 0 Å². The van der Waals surface area contributed by atoms with E-state index in [0.29, 0.717) is 17.1 Å². The number of carbonyl (C=O) groups excluding carboxylic acids is 2. The van der Waals surface area contributed by atoms with Crippen molar-refractivity contribution < 1.29 is 23.8 Å². The van der Waals surface area contributed by atoms with Gasteiger partial charge in [-0.25, -0.2) is 9.59 Å². The van der Waals surface area contributed by atoms with Gasteiger partial charge in [0.1, 0.15) is 24.7 Å². The van der Waals surface area contributed by atoms with Crippen LogP contribution in [-0.2, 0) is 14.3 Å². The summed E-state index contributed by atoms with van der Waals surface area (Å²) < 4.78 is 15.5. The van der Waals surface area contributed by atoms with Crippen molar-refractivity contribution in [2.24, 2.45) is 0 Å². The molecule has 0 radical (unpaired) electrons. The Bertz CT molecular complexity index is 788. The molecular formula is C21H20O5. The summed E-state index contributed by atoms with van der Waals surface area (Å²) in [4.78, 5) is 22.4. The molecule has 0 bridgehead atoms. The molecule has 0 aliphatic heterocycles. The van der Waals surface area contributed by atoms with E-state index in [1.165, 1.54) is 0 Å². The number of esters is 2. The highest BCUT2D eigenvalue weighted by atomic mass is 16.6. The predicted molar refractivity (Wildman–Crippen MR) is 99.0 cm³/mol. The molecule has 0 saturated carbocycles. The van der Waals surface area contributed by atoms with Crippen LogP contribution in [0.25, 0.3) is 11.1 Å². The van der Waals surface area contributed by atoms with Crippen LogP contribution in [0.5, 0.6) is 11.5 Å². The van der Waals surface area contributed by atoms with Crippen LogP contribution < -0.4 is 9.47 Å². The van der Waals surface area contributed by atoms with Gasteiger partial charge in [-0.05, 0) is 42.3 Å². The van der Waals surface area contributed by atoms with Crippen LogP contribution in [0.3, 0.4) is 0 Å². The van der Waals surface area contributed by atoms with E-state index in [2.05, 4.69) is 13.2 Å². The summed E-state index contributed by atoms with van der Waals surface area (Å²) in [5.74, 6) is 0.221. The quantitative estimate of drug-likeness (QED) is 0.312. The number of hydrogen-bond donors (Lipinski definition) is 0. The molecule has 0 aliphatic rings. The SMILES string of the molecule is C=CC(=O)Oc1ccc(-c2ccc(OCCOC(=O)C(=C)C)cc2)cc1. The average molecular weight is 352 g/mol. The van der Waals surface area contributed by atoms with Crippen molar-refractivity contribution in [1.29, 1.82) is 0 Å². The summed E-state index contributed by atoms with van der Waals surface area (Å²) in [6.07, 6.45) is 1.12. The van der Waals surface area contributed by atoms with Gasteiger partial charge < -0.3 is 14.2 Å². The van der Waals surface area contributed by atoms with Gasteiger partial charge in [0.2, 0.25) is 0 Å². The highest BCUT2D eigenvalue weighted by Gasteiger charge is 2.04. The van der Waals surface area contributed by atoms with Gasteiger partial charge in [-0.2, -0.15) is 0 Å². The molecule has 0 atom stereocenters. The van der Waals surface area contributed by atoms with Crippen LogP contribution >= 0.6 is 0 Å². The number of ether oxygens (including phenoxy) is 3. The molecule has 2 aromatic carbocycles. The molecule has 134 valence electrons. The first kappa shape index (κ1) is 19.0. The third kappa shape index (κ3) is 5.63. The van der Waals surface area contributed by atoms with Crippen molar-refractivity contribution in [3.8, 4) is 22.6 Å². The van der Waals surface area contributed by atoms with E-state index in [9.17, 15) is 9.59 Å². The van der Waals surface area contributed by atoms with E-state index >= 15 is 0 Å². The Labute approximate surface area is 152 Å². The molecule has 0 amide bonds. The van der Waals surface area contributed by atoms with Crippen LogP contribution in [-0.4, -0.2) is 25.2 Å². The minimum absolute atomic E-state index is 0.165. The van der Waals surface area contributed by atoms with Gasteiger partial charge in [-0.3, -0.25) is 0 Å². The molecule has 0 N–H and O–H groups in total. The number of rotatable bonds is 8. The zero-order valence-corrected chi connectivity index (χ0v) is 14.6. The Morgan fingerprint density at radius 3 is 1.96 bits per heavy atom. The molecular weight excluding hydrogens is 332 g/mol. The van der Waals surface area contributed by atoms with E-state index in [-0.39, 0.29) is 13.2 Å². The standard InChI is InChI=1S/C21H20O5/c1-4-20(22)26-19-11-7-17(8-12-19)16-5-9-18(10-6-16)24-13-14-25-21(23)15(2)3/h4-12H,1-2,13-14H2,3H3. The van der Waals surface area contributed by atoms with Crippen LogP contribution in [0.1, 0.15) is 6.92 Å². The molecule has 2 rings (SSSR count). The van der Waals surface area contributed by atoms with E-state index in [1.54, 1.807) is 19.1 Å². The molecule has 26 heavy (non-hydrogen) atoms. The summed E-state index contributed by atoms with van der Waals surface area (Å²) in [6.45, 7) is 8.89. The summed E-state index contributed by atoms with van der Waals surface area (Å²) in [5, 5.41) is 0. The normalized spacial score (nSPS) is 9.88. The summed E-state index contributed by atoms with van der Waals surface area (Å²) in [7, 11) is 0. The van der Waals surface area contributed by atoms with Gasteiger partial charge >= 0.3 is 11.9 Å². The lowest BCUT2D eigenvalue weighted by atomic mass is 10.1. The van der Waals surface area contributed by atoms with Crippen LogP contribution in [0.2, 0.25) is 0 Å². The van der Waals surface area contributed by atoms with E-state index < -0.39 is 11.9 Å². The van der Waals surface area contributed by atoms with E-state index in [4.69, 9.17) is 14.2 Å². The summed E-state index contributed by atoms with van der Waals surface area (Å²) in [5.41, 5.74) is 2.33. The molecule has 5 nitrogen and oxygen atoms in total. The minimum atomic E-state index is -0.492. The maximum atomic E-state index is 11.2. The van der Waals surface area contributed by atoms with E-state index in [1.807, 2.05) is 36.4 Å². The molecule has 0 saturated heterocycles. The minimum Gasteiger partial charge on any atom is -0.490 e.